The lowest BCUT2D eigenvalue weighted by atomic mass is 9.59. The van der Waals surface area contributed by atoms with Gasteiger partial charge in [0.1, 0.15) is 0 Å². The van der Waals surface area contributed by atoms with Crippen molar-refractivity contribution in [3.8, 4) is 0 Å². The number of rotatable bonds is 4. The molecule has 2 heteroatoms. The fraction of sp³-hybridized carbons (Fsp3) is 0.647. The monoisotopic (exact) mass is 281 g/mol. The molecule has 1 aliphatic rings. The lowest BCUT2D eigenvalue weighted by Crippen LogP contribution is -2.50. The maximum Gasteiger partial charge on any atom is 0.0406 e. The fourth-order valence-electron chi connectivity index (χ4n) is 2.95. The standard InChI is InChI=1S/C15H22ClN.C2H6/c1-11(2)10-14(17)15(8-3-9-15)12-4-6-13(16)7-5-12;1-2/h4-7,11,14H,3,8-10,17H2,1-2H3;1-2H3. The molecule has 19 heavy (non-hydrogen) atoms. The van der Waals surface area contributed by atoms with Gasteiger partial charge in [0.2, 0.25) is 0 Å². The third-order valence-corrected chi connectivity index (χ3v) is 4.35. The molecule has 2 rings (SSSR count). The van der Waals surface area contributed by atoms with Crippen molar-refractivity contribution in [2.75, 3.05) is 0 Å². The highest BCUT2D eigenvalue weighted by atomic mass is 35.5. The van der Waals surface area contributed by atoms with E-state index >= 15 is 0 Å². The quantitative estimate of drug-likeness (QED) is 0.810. The largest absolute Gasteiger partial charge is 0.327 e. The van der Waals surface area contributed by atoms with Crippen LogP contribution in [0.5, 0.6) is 0 Å². The molecule has 0 amide bonds. The highest BCUT2D eigenvalue weighted by molar-refractivity contribution is 6.30. The summed E-state index contributed by atoms with van der Waals surface area (Å²) in [5.41, 5.74) is 8.05. The molecule has 0 bridgehead atoms. The molecule has 1 aromatic rings. The molecule has 1 aliphatic carbocycles. The van der Waals surface area contributed by atoms with Crippen LogP contribution in [-0.2, 0) is 5.41 Å². The number of halogens is 1. The summed E-state index contributed by atoms with van der Waals surface area (Å²) in [7, 11) is 0. The predicted octanol–water partition coefficient (Wildman–Crippen LogP) is 5.16. The van der Waals surface area contributed by atoms with E-state index in [9.17, 15) is 0 Å². The highest BCUT2D eigenvalue weighted by Crippen LogP contribution is 2.47. The van der Waals surface area contributed by atoms with Crippen molar-refractivity contribution in [1.82, 2.24) is 0 Å². The Morgan fingerprint density at radius 1 is 1.16 bits per heavy atom. The number of nitrogens with two attached hydrogens (primary N) is 1. The van der Waals surface area contributed by atoms with Crippen LogP contribution in [0.3, 0.4) is 0 Å². The summed E-state index contributed by atoms with van der Waals surface area (Å²) in [6.07, 6.45) is 4.85. The molecular weight excluding hydrogens is 254 g/mol. The van der Waals surface area contributed by atoms with Gasteiger partial charge in [0.05, 0.1) is 0 Å². The summed E-state index contributed by atoms with van der Waals surface area (Å²) in [5.74, 6) is 0.662. The second-order valence-electron chi connectivity index (χ2n) is 5.75. The molecule has 1 aromatic carbocycles. The molecule has 0 aliphatic heterocycles. The highest BCUT2D eigenvalue weighted by Gasteiger charge is 2.43. The van der Waals surface area contributed by atoms with Crippen LogP contribution in [0.1, 0.15) is 58.9 Å². The van der Waals surface area contributed by atoms with Crippen molar-refractivity contribution >= 4 is 11.6 Å². The van der Waals surface area contributed by atoms with Crippen LogP contribution in [0.25, 0.3) is 0 Å². The van der Waals surface area contributed by atoms with Crippen molar-refractivity contribution in [1.29, 1.82) is 0 Å². The number of hydrogen-bond acceptors (Lipinski definition) is 1. The van der Waals surface area contributed by atoms with Crippen LogP contribution in [0.15, 0.2) is 24.3 Å². The molecule has 1 atom stereocenters. The van der Waals surface area contributed by atoms with E-state index in [0.29, 0.717) is 5.92 Å². The van der Waals surface area contributed by atoms with Crippen LogP contribution in [-0.4, -0.2) is 6.04 Å². The predicted molar refractivity (Wildman–Crippen MR) is 85.8 cm³/mol. The van der Waals surface area contributed by atoms with Gasteiger partial charge in [-0.1, -0.05) is 57.8 Å². The maximum atomic E-state index is 6.45. The first kappa shape index (κ1) is 16.5. The van der Waals surface area contributed by atoms with Crippen LogP contribution in [0, 0.1) is 5.92 Å². The van der Waals surface area contributed by atoms with E-state index in [1.54, 1.807) is 0 Å². The summed E-state index contributed by atoms with van der Waals surface area (Å²) in [4.78, 5) is 0. The smallest absolute Gasteiger partial charge is 0.0406 e. The van der Waals surface area contributed by atoms with E-state index in [1.165, 1.54) is 24.8 Å². The molecule has 1 saturated carbocycles. The Labute approximate surface area is 123 Å². The van der Waals surface area contributed by atoms with E-state index in [4.69, 9.17) is 17.3 Å². The van der Waals surface area contributed by atoms with Crippen molar-refractivity contribution < 1.29 is 0 Å². The Hall–Kier alpha value is -0.530. The number of benzene rings is 1. The molecule has 1 fully saturated rings. The maximum absolute atomic E-state index is 6.45. The third-order valence-electron chi connectivity index (χ3n) is 4.10. The summed E-state index contributed by atoms with van der Waals surface area (Å²) >= 11 is 5.96. The molecule has 0 heterocycles. The average Bonchev–Trinajstić information content (AvgIpc) is 2.32. The van der Waals surface area contributed by atoms with Gasteiger partial charge in [-0.15, -0.1) is 0 Å². The third kappa shape index (κ3) is 3.73. The Kier molecular flexibility index (Phi) is 6.35. The lowest BCUT2D eigenvalue weighted by Gasteiger charge is -2.47. The molecule has 0 saturated heterocycles. The van der Waals surface area contributed by atoms with Crippen molar-refractivity contribution in [3.05, 3.63) is 34.9 Å². The molecule has 2 N–H and O–H groups in total. The minimum absolute atomic E-state index is 0.217. The molecule has 0 aromatic heterocycles. The van der Waals surface area contributed by atoms with Crippen molar-refractivity contribution in [2.45, 2.75) is 64.8 Å². The second-order valence-corrected chi connectivity index (χ2v) is 6.19. The van der Waals surface area contributed by atoms with Gasteiger partial charge in [0, 0.05) is 16.5 Å². The van der Waals surface area contributed by atoms with Gasteiger partial charge in [-0.3, -0.25) is 0 Å². The van der Waals surface area contributed by atoms with E-state index in [1.807, 2.05) is 26.0 Å². The second kappa shape index (κ2) is 7.31. The van der Waals surface area contributed by atoms with Gasteiger partial charge in [0.15, 0.2) is 0 Å². The average molecular weight is 282 g/mol. The van der Waals surface area contributed by atoms with Gasteiger partial charge in [-0.25, -0.2) is 0 Å². The Balaban J connectivity index is 0.000000861. The van der Waals surface area contributed by atoms with E-state index in [0.717, 1.165) is 11.4 Å². The molecule has 108 valence electrons. The van der Waals surface area contributed by atoms with Gasteiger partial charge in [-0.05, 0) is 42.9 Å². The van der Waals surface area contributed by atoms with Crippen LogP contribution >= 0.6 is 11.6 Å². The van der Waals surface area contributed by atoms with Crippen molar-refractivity contribution in [3.63, 3.8) is 0 Å². The number of hydrogen-bond donors (Lipinski definition) is 1. The zero-order valence-electron chi connectivity index (χ0n) is 12.7. The summed E-state index contributed by atoms with van der Waals surface area (Å²) in [6.45, 7) is 8.49. The summed E-state index contributed by atoms with van der Waals surface area (Å²) in [5, 5.41) is 0.806. The topological polar surface area (TPSA) is 26.0 Å². The van der Waals surface area contributed by atoms with E-state index in [2.05, 4.69) is 26.0 Å². The van der Waals surface area contributed by atoms with Gasteiger partial charge >= 0.3 is 0 Å². The summed E-state index contributed by atoms with van der Waals surface area (Å²) in [6, 6.07) is 8.55. The molecular formula is C17H28ClN. The molecule has 1 unspecified atom stereocenters. The minimum atomic E-state index is 0.217. The fourth-order valence-corrected chi connectivity index (χ4v) is 3.07. The van der Waals surface area contributed by atoms with E-state index < -0.39 is 0 Å². The van der Waals surface area contributed by atoms with Crippen molar-refractivity contribution in [2.24, 2.45) is 11.7 Å². The van der Waals surface area contributed by atoms with Gasteiger partial charge in [0.25, 0.3) is 0 Å². The zero-order chi connectivity index (χ0) is 14.5. The molecule has 0 spiro atoms. The van der Waals surface area contributed by atoms with E-state index in [-0.39, 0.29) is 11.5 Å². The van der Waals surface area contributed by atoms with Crippen LogP contribution in [0.2, 0.25) is 5.02 Å². The first-order valence-corrected chi connectivity index (χ1v) is 7.94. The van der Waals surface area contributed by atoms with Crippen LogP contribution < -0.4 is 5.73 Å². The normalized spacial score (nSPS) is 18.3. The lowest BCUT2D eigenvalue weighted by molar-refractivity contribution is 0.178. The molecule has 1 nitrogen and oxygen atoms in total. The Bertz CT molecular complexity index is 365. The first-order valence-electron chi connectivity index (χ1n) is 7.56. The van der Waals surface area contributed by atoms with Gasteiger partial charge < -0.3 is 5.73 Å². The summed E-state index contributed by atoms with van der Waals surface area (Å²) < 4.78 is 0. The van der Waals surface area contributed by atoms with Crippen LogP contribution in [0.4, 0.5) is 0 Å². The Morgan fingerprint density at radius 3 is 2.05 bits per heavy atom. The first-order chi connectivity index (χ1) is 9.04. The minimum Gasteiger partial charge on any atom is -0.327 e. The molecule has 0 radical (unpaired) electrons. The van der Waals surface area contributed by atoms with Gasteiger partial charge in [-0.2, -0.15) is 0 Å². The zero-order valence-corrected chi connectivity index (χ0v) is 13.5. The SMILES string of the molecule is CC.CC(C)CC(N)C1(c2ccc(Cl)cc2)CCC1. The Morgan fingerprint density at radius 2 is 1.68 bits per heavy atom.